The molecule has 21 heavy (non-hydrogen) atoms. The number of para-hydroxylation sites is 1. The van der Waals surface area contributed by atoms with Crippen LogP contribution in [0.1, 0.15) is 12.0 Å². The first-order valence-electron chi connectivity index (χ1n) is 7.01. The van der Waals surface area contributed by atoms with Gasteiger partial charge in [-0.2, -0.15) is 0 Å². The molecule has 4 heteroatoms. The Morgan fingerprint density at radius 3 is 2.71 bits per heavy atom. The number of thioether (sulfide) groups is 1. The molecule has 0 aromatic heterocycles. The predicted octanol–water partition coefficient (Wildman–Crippen LogP) is 3.90. The van der Waals surface area contributed by atoms with Crippen LogP contribution >= 0.6 is 11.8 Å². The molecule has 1 aliphatic rings. The summed E-state index contributed by atoms with van der Waals surface area (Å²) < 4.78 is 12.9. The van der Waals surface area contributed by atoms with E-state index in [9.17, 15) is 9.18 Å². The zero-order valence-electron chi connectivity index (χ0n) is 11.6. The molecule has 0 aliphatic carbocycles. The summed E-state index contributed by atoms with van der Waals surface area (Å²) in [5.74, 6) is 0.229. The van der Waals surface area contributed by atoms with Crippen molar-refractivity contribution in [2.24, 2.45) is 0 Å². The van der Waals surface area contributed by atoms with Gasteiger partial charge in [0.1, 0.15) is 5.82 Å². The summed E-state index contributed by atoms with van der Waals surface area (Å²) in [5.41, 5.74) is 2.28. The van der Waals surface area contributed by atoms with Gasteiger partial charge >= 0.3 is 0 Å². The van der Waals surface area contributed by atoms with Crippen LogP contribution in [0.5, 0.6) is 0 Å². The van der Waals surface area contributed by atoms with Gasteiger partial charge in [0.15, 0.2) is 0 Å². The van der Waals surface area contributed by atoms with Gasteiger partial charge in [-0.1, -0.05) is 18.2 Å². The standard InChI is InChI=1S/C17H16FNOS/c18-14-7-9-15(10-8-14)21-12-17(20)19-11-3-5-13-4-1-2-6-16(13)19/h1-2,4,6-10H,3,5,11-12H2. The zero-order valence-corrected chi connectivity index (χ0v) is 12.4. The van der Waals surface area contributed by atoms with E-state index in [1.807, 2.05) is 23.1 Å². The monoisotopic (exact) mass is 301 g/mol. The molecular weight excluding hydrogens is 285 g/mol. The summed E-state index contributed by atoms with van der Waals surface area (Å²) in [5, 5.41) is 0. The molecule has 0 radical (unpaired) electrons. The first-order chi connectivity index (χ1) is 10.2. The quantitative estimate of drug-likeness (QED) is 0.801. The average Bonchev–Trinajstić information content (AvgIpc) is 2.53. The van der Waals surface area contributed by atoms with Gasteiger partial charge in [0.25, 0.3) is 0 Å². The second-order valence-electron chi connectivity index (χ2n) is 5.02. The number of fused-ring (bicyclic) bond motifs is 1. The Bertz CT molecular complexity index is 641. The molecule has 0 saturated carbocycles. The molecule has 0 fully saturated rings. The molecule has 108 valence electrons. The normalized spacial score (nSPS) is 13.9. The summed E-state index contributed by atoms with van der Waals surface area (Å²) in [6.07, 6.45) is 2.04. The molecule has 0 unspecified atom stereocenters. The summed E-state index contributed by atoms with van der Waals surface area (Å²) in [6, 6.07) is 14.3. The van der Waals surface area contributed by atoms with Gasteiger partial charge in [0.2, 0.25) is 5.91 Å². The number of benzene rings is 2. The Balaban J connectivity index is 1.68. The number of hydrogen-bond acceptors (Lipinski definition) is 2. The van der Waals surface area contributed by atoms with Crippen molar-refractivity contribution in [3.63, 3.8) is 0 Å². The van der Waals surface area contributed by atoms with Crippen molar-refractivity contribution < 1.29 is 9.18 Å². The van der Waals surface area contributed by atoms with Crippen molar-refractivity contribution in [1.82, 2.24) is 0 Å². The number of amides is 1. The van der Waals surface area contributed by atoms with Gasteiger partial charge in [0, 0.05) is 17.1 Å². The number of halogens is 1. The number of aryl methyl sites for hydroxylation is 1. The van der Waals surface area contributed by atoms with E-state index in [1.54, 1.807) is 12.1 Å². The molecular formula is C17H16FNOS. The summed E-state index contributed by atoms with van der Waals surface area (Å²) in [7, 11) is 0. The third kappa shape index (κ3) is 3.27. The van der Waals surface area contributed by atoms with Crippen LogP contribution in [0.25, 0.3) is 0 Å². The number of rotatable bonds is 3. The van der Waals surface area contributed by atoms with Crippen LogP contribution in [0.2, 0.25) is 0 Å². The van der Waals surface area contributed by atoms with Crippen LogP contribution in [0.3, 0.4) is 0 Å². The van der Waals surface area contributed by atoms with Gasteiger partial charge in [-0.15, -0.1) is 11.8 Å². The Labute approximate surface area is 128 Å². The summed E-state index contributed by atoms with van der Waals surface area (Å²) >= 11 is 1.45. The van der Waals surface area contributed by atoms with Crippen LogP contribution in [0.4, 0.5) is 10.1 Å². The SMILES string of the molecule is O=C(CSc1ccc(F)cc1)N1CCCc2ccccc21. The lowest BCUT2D eigenvalue weighted by Gasteiger charge is -2.29. The van der Waals surface area contributed by atoms with E-state index in [-0.39, 0.29) is 11.7 Å². The van der Waals surface area contributed by atoms with Crippen molar-refractivity contribution in [2.45, 2.75) is 17.7 Å². The van der Waals surface area contributed by atoms with Crippen LogP contribution in [-0.4, -0.2) is 18.2 Å². The van der Waals surface area contributed by atoms with Gasteiger partial charge in [0.05, 0.1) is 5.75 Å². The Kier molecular flexibility index (Phi) is 4.25. The topological polar surface area (TPSA) is 20.3 Å². The summed E-state index contributed by atoms with van der Waals surface area (Å²) in [6.45, 7) is 0.778. The molecule has 0 saturated heterocycles. The van der Waals surface area contributed by atoms with Gasteiger partial charge in [-0.3, -0.25) is 4.79 Å². The highest BCUT2D eigenvalue weighted by molar-refractivity contribution is 8.00. The second kappa shape index (κ2) is 6.31. The highest BCUT2D eigenvalue weighted by Gasteiger charge is 2.21. The Morgan fingerprint density at radius 1 is 1.14 bits per heavy atom. The maximum atomic E-state index is 12.9. The van der Waals surface area contributed by atoms with Gasteiger partial charge < -0.3 is 4.90 Å². The average molecular weight is 301 g/mol. The fourth-order valence-corrected chi connectivity index (χ4v) is 3.32. The summed E-state index contributed by atoms with van der Waals surface area (Å²) in [4.78, 5) is 15.2. The molecule has 2 aromatic rings. The molecule has 3 rings (SSSR count). The maximum Gasteiger partial charge on any atom is 0.237 e. The lowest BCUT2D eigenvalue weighted by molar-refractivity contribution is -0.116. The van der Waals surface area contributed by atoms with E-state index in [4.69, 9.17) is 0 Å². The Hall–Kier alpha value is -1.81. The molecule has 0 bridgehead atoms. The maximum absolute atomic E-state index is 12.9. The molecule has 2 aromatic carbocycles. The van der Waals surface area contributed by atoms with Gasteiger partial charge in [-0.25, -0.2) is 4.39 Å². The van der Waals surface area contributed by atoms with Crippen LogP contribution < -0.4 is 4.90 Å². The second-order valence-corrected chi connectivity index (χ2v) is 6.07. The van der Waals surface area contributed by atoms with E-state index in [0.717, 1.165) is 30.0 Å². The van der Waals surface area contributed by atoms with Crippen molar-refractivity contribution in [1.29, 1.82) is 0 Å². The third-order valence-electron chi connectivity index (χ3n) is 3.59. The highest BCUT2D eigenvalue weighted by atomic mass is 32.2. The van der Waals surface area contributed by atoms with E-state index >= 15 is 0 Å². The fraction of sp³-hybridized carbons (Fsp3) is 0.235. The predicted molar refractivity (Wildman–Crippen MR) is 84.2 cm³/mol. The van der Waals surface area contributed by atoms with E-state index in [0.29, 0.717) is 5.75 Å². The van der Waals surface area contributed by atoms with Crippen LogP contribution in [0, 0.1) is 5.82 Å². The number of carbonyl (C=O) groups is 1. The molecule has 2 nitrogen and oxygen atoms in total. The fourth-order valence-electron chi connectivity index (χ4n) is 2.55. The minimum Gasteiger partial charge on any atom is -0.311 e. The molecule has 0 N–H and O–H groups in total. The lowest BCUT2D eigenvalue weighted by atomic mass is 10.0. The Morgan fingerprint density at radius 2 is 1.90 bits per heavy atom. The lowest BCUT2D eigenvalue weighted by Crippen LogP contribution is -2.36. The minimum absolute atomic E-state index is 0.108. The van der Waals surface area contributed by atoms with E-state index in [1.165, 1.54) is 29.5 Å². The number of nitrogens with zero attached hydrogens (tertiary/aromatic N) is 1. The minimum atomic E-state index is -0.254. The molecule has 0 spiro atoms. The number of carbonyl (C=O) groups excluding carboxylic acids is 1. The third-order valence-corrected chi connectivity index (χ3v) is 4.58. The number of hydrogen-bond donors (Lipinski definition) is 0. The molecule has 0 atom stereocenters. The van der Waals surface area contributed by atoms with Crippen molar-refractivity contribution in [2.75, 3.05) is 17.2 Å². The van der Waals surface area contributed by atoms with Crippen LogP contribution in [-0.2, 0) is 11.2 Å². The zero-order chi connectivity index (χ0) is 14.7. The largest absolute Gasteiger partial charge is 0.311 e. The molecule has 1 aliphatic heterocycles. The smallest absolute Gasteiger partial charge is 0.237 e. The van der Waals surface area contributed by atoms with Crippen molar-refractivity contribution in [3.8, 4) is 0 Å². The first-order valence-corrected chi connectivity index (χ1v) is 7.99. The number of anilines is 1. The van der Waals surface area contributed by atoms with Gasteiger partial charge in [-0.05, 0) is 48.7 Å². The first kappa shape index (κ1) is 14.1. The van der Waals surface area contributed by atoms with Crippen molar-refractivity contribution >= 4 is 23.4 Å². The molecule has 1 heterocycles. The van der Waals surface area contributed by atoms with Crippen LogP contribution in [0.15, 0.2) is 53.4 Å². The van der Waals surface area contributed by atoms with Crippen molar-refractivity contribution in [3.05, 3.63) is 59.9 Å². The van der Waals surface area contributed by atoms with E-state index < -0.39 is 0 Å². The highest BCUT2D eigenvalue weighted by Crippen LogP contribution is 2.28. The molecule has 1 amide bonds. The van der Waals surface area contributed by atoms with E-state index in [2.05, 4.69) is 6.07 Å².